The van der Waals surface area contributed by atoms with Crippen molar-refractivity contribution >= 4 is 60.7 Å². The second-order valence-corrected chi connectivity index (χ2v) is 8.12. The van der Waals surface area contributed by atoms with Gasteiger partial charge in [-0.25, -0.2) is 0 Å². The number of carbonyl (C=O) groups excluding carboxylic acids is 1. The van der Waals surface area contributed by atoms with Crippen molar-refractivity contribution in [1.82, 2.24) is 5.32 Å². The summed E-state index contributed by atoms with van der Waals surface area (Å²) in [6.07, 6.45) is 0.760. The monoisotopic (exact) mass is 387 g/mol. The van der Waals surface area contributed by atoms with E-state index in [0.29, 0.717) is 5.56 Å². The highest BCUT2D eigenvalue weighted by atomic mass is 79.9. The summed E-state index contributed by atoms with van der Waals surface area (Å²) in [6.45, 7) is 3.87. The smallest absolute Gasteiger partial charge is 0.253 e. The molecular weight excluding hydrogens is 377 g/mol. The standard InChI is InChI=1S/C10H12Br2ClNOS/c1-5(13)3-6(2)14-10(15)7-4-8(11)16-9(7)12/h4-6H,3H2,1-2H3,(H,14,15). The average Bonchev–Trinajstić information content (AvgIpc) is 2.43. The van der Waals surface area contributed by atoms with Crippen LogP contribution in [0.25, 0.3) is 0 Å². The van der Waals surface area contributed by atoms with Crippen molar-refractivity contribution in [1.29, 1.82) is 0 Å². The van der Waals surface area contributed by atoms with E-state index in [1.807, 2.05) is 13.8 Å². The SMILES string of the molecule is CC(Cl)CC(C)NC(=O)c1cc(Br)sc1Br. The zero-order chi connectivity index (χ0) is 12.3. The Morgan fingerprint density at radius 2 is 2.19 bits per heavy atom. The van der Waals surface area contributed by atoms with Gasteiger partial charge in [0.25, 0.3) is 5.91 Å². The minimum atomic E-state index is -0.0707. The molecule has 0 aliphatic carbocycles. The van der Waals surface area contributed by atoms with Gasteiger partial charge in [0.2, 0.25) is 0 Å². The molecule has 0 saturated heterocycles. The molecule has 0 aromatic carbocycles. The van der Waals surface area contributed by atoms with Crippen LogP contribution in [0.4, 0.5) is 0 Å². The van der Waals surface area contributed by atoms with Gasteiger partial charge in [-0.15, -0.1) is 22.9 Å². The molecule has 1 heterocycles. The number of hydrogen-bond acceptors (Lipinski definition) is 2. The van der Waals surface area contributed by atoms with Crippen LogP contribution in [-0.2, 0) is 0 Å². The first-order chi connectivity index (χ1) is 7.40. The lowest BCUT2D eigenvalue weighted by molar-refractivity contribution is 0.0938. The fourth-order valence-electron chi connectivity index (χ4n) is 1.34. The van der Waals surface area contributed by atoms with Gasteiger partial charge in [0.05, 0.1) is 13.1 Å². The summed E-state index contributed by atoms with van der Waals surface area (Å²) in [6, 6.07) is 1.88. The van der Waals surface area contributed by atoms with Gasteiger partial charge in [-0.2, -0.15) is 0 Å². The normalized spacial score (nSPS) is 14.6. The van der Waals surface area contributed by atoms with Gasteiger partial charge in [0.1, 0.15) is 0 Å². The second-order valence-electron chi connectivity index (χ2n) is 3.63. The predicted molar refractivity (Wildman–Crippen MR) is 76.6 cm³/mol. The molecule has 0 spiro atoms. The molecule has 0 radical (unpaired) electrons. The molecule has 0 bridgehead atoms. The number of alkyl halides is 1. The highest BCUT2D eigenvalue weighted by Crippen LogP contribution is 2.31. The topological polar surface area (TPSA) is 29.1 Å². The molecule has 6 heteroatoms. The lowest BCUT2D eigenvalue weighted by Gasteiger charge is -2.14. The summed E-state index contributed by atoms with van der Waals surface area (Å²) < 4.78 is 1.77. The van der Waals surface area contributed by atoms with Gasteiger partial charge >= 0.3 is 0 Å². The molecule has 1 N–H and O–H groups in total. The number of carbonyl (C=O) groups is 1. The Morgan fingerprint density at radius 3 is 2.62 bits per heavy atom. The number of amides is 1. The van der Waals surface area contributed by atoms with E-state index < -0.39 is 0 Å². The molecule has 2 atom stereocenters. The van der Waals surface area contributed by atoms with Gasteiger partial charge in [0.15, 0.2) is 0 Å². The number of rotatable bonds is 4. The molecule has 90 valence electrons. The van der Waals surface area contributed by atoms with Crippen molar-refractivity contribution in [2.75, 3.05) is 0 Å². The largest absolute Gasteiger partial charge is 0.349 e. The van der Waals surface area contributed by atoms with Crippen LogP contribution < -0.4 is 5.32 Å². The minimum absolute atomic E-state index is 0.0629. The van der Waals surface area contributed by atoms with Crippen molar-refractivity contribution in [3.8, 4) is 0 Å². The zero-order valence-electron chi connectivity index (χ0n) is 8.89. The van der Waals surface area contributed by atoms with E-state index in [4.69, 9.17) is 11.6 Å². The van der Waals surface area contributed by atoms with Crippen LogP contribution in [0.1, 0.15) is 30.6 Å². The third-order valence-electron chi connectivity index (χ3n) is 1.96. The van der Waals surface area contributed by atoms with Crippen molar-refractivity contribution in [2.45, 2.75) is 31.7 Å². The van der Waals surface area contributed by atoms with Crippen molar-refractivity contribution in [3.05, 3.63) is 19.2 Å². The van der Waals surface area contributed by atoms with E-state index in [2.05, 4.69) is 37.2 Å². The quantitative estimate of drug-likeness (QED) is 0.760. The minimum Gasteiger partial charge on any atom is -0.349 e. The third kappa shape index (κ3) is 4.35. The Balaban J connectivity index is 2.62. The van der Waals surface area contributed by atoms with E-state index in [1.165, 1.54) is 11.3 Å². The average molecular weight is 390 g/mol. The maximum absolute atomic E-state index is 11.9. The fraction of sp³-hybridized carbons (Fsp3) is 0.500. The lowest BCUT2D eigenvalue weighted by Crippen LogP contribution is -2.33. The van der Waals surface area contributed by atoms with Crippen LogP contribution in [0.2, 0.25) is 0 Å². The molecule has 2 unspecified atom stereocenters. The van der Waals surface area contributed by atoms with Crippen LogP contribution in [-0.4, -0.2) is 17.3 Å². The summed E-state index contributed by atoms with van der Waals surface area (Å²) in [5, 5.41) is 2.98. The summed E-state index contributed by atoms with van der Waals surface area (Å²) in [5.74, 6) is -0.0707. The Kier molecular flexibility index (Phi) is 5.77. The number of halogens is 3. The highest BCUT2D eigenvalue weighted by Gasteiger charge is 2.16. The molecule has 0 aliphatic heterocycles. The summed E-state index contributed by atoms with van der Waals surface area (Å²) in [7, 11) is 0. The molecule has 0 saturated carbocycles. The van der Waals surface area contributed by atoms with Crippen molar-refractivity contribution in [3.63, 3.8) is 0 Å². The molecule has 0 aliphatic rings. The van der Waals surface area contributed by atoms with E-state index in [1.54, 1.807) is 6.07 Å². The molecular formula is C10H12Br2ClNOS. The lowest BCUT2D eigenvalue weighted by atomic mass is 10.2. The first kappa shape index (κ1) is 14.5. The van der Waals surface area contributed by atoms with Crippen LogP contribution in [0.15, 0.2) is 13.6 Å². The Morgan fingerprint density at radius 1 is 1.56 bits per heavy atom. The summed E-state index contributed by atoms with van der Waals surface area (Å²) in [4.78, 5) is 11.9. The number of thiophene rings is 1. The Hall–Kier alpha value is 0.420. The molecule has 1 aromatic rings. The number of nitrogens with one attached hydrogen (secondary N) is 1. The van der Waals surface area contributed by atoms with Crippen LogP contribution in [0, 0.1) is 0 Å². The van der Waals surface area contributed by atoms with E-state index in [0.717, 1.165) is 14.0 Å². The molecule has 1 amide bonds. The van der Waals surface area contributed by atoms with Crippen LogP contribution in [0.5, 0.6) is 0 Å². The van der Waals surface area contributed by atoms with E-state index >= 15 is 0 Å². The predicted octanol–water partition coefficient (Wildman–Crippen LogP) is 4.41. The van der Waals surface area contributed by atoms with E-state index in [-0.39, 0.29) is 17.3 Å². The Bertz CT molecular complexity index is 381. The van der Waals surface area contributed by atoms with E-state index in [9.17, 15) is 4.79 Å². The van der Waals surface area contributed by atoms with Gasteiger partial charge in [-0.1, -0.05) is 0 Å². The molecule has 16 heavy (non-hydrogen) atoms. The van der Waals surface area contributed by atoms with Gasteiger partial charge in [-0.05, 0) is 58.2 Å². The van der Waals surface area contributed by atoms with Crippen molar-refractivity contribution in [2.24, 2.45) is 0 Å². The van der Waals surface area contributed by atoms with Gasteiger partial charge in [-0.3, -0.25) is 4.79 Å². The molecule has 1 rings (SSSR count). The van der Waals surface area contributed by atoms with Crippen LogP contribution >= 0.6 is 54.8 Å². The van der Waals surface area contributed by atoms with Crippen molar-refractivity contribution < 1.29 is 4.79 Å². The first-order valence-corrected chi connectivity index (χ1v) is 7.63. The Labute approximate surface area is 121 Å². The summed E-state index contributed by atoms with van der Waals surface area (Å²) in [5.41, 5.74) is 0.658. The molecule has 0 fully saturated rings. The fourth-order valence-corrected chi connectivity index (χ4v) is 4.40. The maximum Gasteiger partial charge on any atom is 0.253 e. The van der Waals surface area contributed by atoms with Gasteiger partial charge < -0.3 is 5.32 Å². The van der Waals surface area contributed by atoms with Gasteiger partial charge in [0, 0.05) is 11.4 Å². The highest BCUT2D eigenvalue weighted by molar-refractivity contribution is 9.12. The first-order valence-electron chi connectivity index (χ1n) is 4.80. The van der Waals surface area contributed by atoms with Crippen LogP contribution in [0.3, 0.4) is 0 Å². The maximum atomic E-state index is 11.9. The third-order valence-corrected chi connectivity index (χ3v) is 4.47. The summed E-state index contributed by atoms with van der Waals surface area (Å²) >= 11 is 14.1. The number of hydrogen-bond donors (Lipinski definition) is 1. The molecule has 2 nitrogen and oxygen atoms in total. The molecule has 1 aromatic heterocycles. The zero-order valence-corrected chi connectivity index (χ0v) is 13.6. The second kappa shape index (κ2) is 6.38.